The van der Waals surface area contributed by atoms with E-state index in [-0.39, 0.29) is 17.9 Å². The van der Waals surface area contributed by atoms with E-state index in [2.05, 4.69) is 5.32 Å². The van der Waals surface area contributed by atoms with Crippen molar-refractivity contribution in [2.24, 2.45) is 5.92 Å². The minimum atomic E-state index is -3.16. The number of hydrogen-bond acceptors (Lipinski definition) is 6. The second-order valence-electron chi connectivity index (χ2n) is 6.11. The molecule has 0 aromatic heterocycles. The summed E-state index contributed by atoms with van der Waals surface area (Å²) in [7, 11) is 0.668. The second-order valence-corrected chi connectivity index (χ2v) is 8.34. The van der Waals surface area contributed by atoms with Crippen molar-refractivity contribution >= 4 is 33.1 Å². The lowest BCUT2D eigenvalue weighted by atomic mass is 10.1. The standard InChI is InChI=1S/C16H22N2O5S/c1-11(23-16(20)12-8-9-24(21,22)10-12)15(19)17-13-4-6-14(7-5-13)18(2)3/h4-7,11-12H,8-10H2,1-3H3,(H,17,19). The van der Waals surface area contributed by atoms with Crippen molar-refractivity contribution in [3.05, 3.63) is 24.3 Å². The maximum absolute atomic E-state index is 12.1. The molecule has 7 nitrogen and oxygen atoms in total. The normalized spacial score (nSPS) is 20.2. The monoisotopic (exact) mass is 354 g/mol. The van der Waals surface area contributed by atoms with Crippen LogP contribution in [0.25, 0.3) is 0 Å². The topological polar surface area (TPSA) is 92.8 Å². The van der Waals surface area contributed by atoms with Gasteiger partial charge >= 0.3 is 5.97 Å². The minimum Gasteiger partial charge on any atom is -0.452 e. The molecule has 0 bridgehead atoms. The van der Waals surface area contributed by atoms with Crippen LogP contribution < -0.4 is 10.2 Å². The number of hydrogen-bond donors (Lipinski definition) is 1. The van der Waals surface area contributed by atoms with Crippen LogP contribution in [0, 0.1) is 5.92 Å². The summed E-state index contributed by atoms with van der Waals surface area (Å²) in [4.78, 5) is 26.0. The maximum Gasteiger partial charge on any atom is 0.310 e. The molecule has 2 rings (SSSR count). The van der Waals surface area contributed by atoms with Gasteiger partial charge in [0.2, 0.25) is 0 Å². The summed E-state index contributed by atoms with van der Waals surface area (Å²) in [5.74, 6) is -1.98. The summed E-state index contributed by atoms with van der Waals surface area (Å²) < 4.78 is 27.9. The fourth-order valence-electron chi connectivity index (χ4n) is 2.39. The van der Waals surface area contributed by atoms with Crippen LogP contribution in [-0.2, 0) is 24.2 Å². The number of benzene rings is 1. The zero-order valence-electron chi connectivity index (χ0n) is 14.0. The lowest BCUT2D eigenvalue weighted by Crippen LogP contribution is -2.32. The summed E-state index contributed by atoms with van der Waals surface area (Å²) in [5, 5.41) is 2.67. The SMILES string of the molecule is CC(OC(=O)C1CCS(=O)(=O)C1)C(=O)Nc1ccc(N(C)C)cc1. The van der Waals surface area contributed by atoms with Gasteiger partial charge in [0.25, 0.3) is 5.91 Å². The Morgan fingerprint density at radius 3 is 2.38 bits per heavy atom. The number of sulfone groups is 1. The van der Waals surface area contributed by atoms with Gasteiger partial charge in [-0.3, -0.25) is 9.59 Å². The summed E-state index contributed by atoms with van der Waals surface area (Å²) in [6.45, 7) is 1.46. The van der Waals surface area contributed by atoms with Gasteiger partial charge in [0.1, 0.15) is 0 Å². The predicted molar refractivity (Wildman–Crippen MR) is 91.7 cm³/mol. The Bertz CT molecular complexity index is 712. The number of anilines is 2. The first-order valence-corrected chi connectivity index (χ1v) is 9.49. The van der Waals surface area contributed by atoms with Crippen LogP contribution in [-0.4, -0.2) is 52.0 Å². The van der Waals surface area contributed by atoms with E-state index in [1.807, 2.05) is 31.1 Å². The molecule has 8 heteroatoms. The van der Waals surface area contributed by atoms with Crippen molar-refractivity contribution in [2.75, 3.05) is 35.8 Å². The molecule has 1 saturated heterocycles. The third-order valence-corrected chi connectivity index (χ3v) is 5.65. The van der Waals surface area contributed by atoms with Crippen molar-refractivity contribution in [3.63, 3.8) is 0 Å². The van der Waals surface area contributed by atoms with Gasteiger partial charge in [0.15, 0.2) is 15.9 Å². The highest BCUT2D eigenvalue weighted by Gasteiger charge is 2.35. The van der Waals surface area contributed by atoms with Crippen molar-refractivity contribution < 1.29 is 22.7 Å². The van der Waals surface area contributed by atoms with E-state index < -0.39 is 33.7 Å². The van der Waals surface area contributed by atoms with E-state index in [4.69, 9.17) is 4.74 Å². The zero-order chi connectivity index (χ0) is 17.9. The molecule has 1 aliphatic heterocycles. The summed E-state index contributed by atoms with van der Waals surface area (Å²) in [6, 6.07) is 7.22. The number of nitrogens with one attached hydrogen (secondary N) is 1. The average molecular weight is 354 g/mol. The van der Waals surface area contributed by atoms with Gasteiger partial charge in [-0.1, -0.05) is 0 Å². The second kappa shape index (κ2) is 7.21. The molecule has 1 heterocycles. The molecule has 0 aliphatic carbocycles. The van der Waals surface area contributed by atoms with Crippen LogP contribution in [0.4, 0.5) is 11.4 Å². The molecule has 2 unspecified atom stereocenters. The number of amides is 1. The van der Waals surface area contributed by atoms with Gasteiger partial charge in [-0.25, -0.2) is 8.42 Å². The average Bonchev–Trinajstić information content (AvgIpc) is 2.88. The Balaban J connectivity index is 1.89. The molecule has 1 fully saturated rings. The third kappa shape index (κ3) is 4.70. The molecule has 2 atom stereocenters. The molecule has 1 aromatic carbocycles. The van der Waals surface area contributed by atoms with Crippen molar-refractivity contribution in [1.82, 2.24) is 0 Å². The van der Waals surface area contributed by atoms with Gasteiger partial charge in [-0.2, -0.15) is 0 Å². The van der Waals surface area contributed by atoms with Crippen LogP contribution in [0.15, 0.2) is 24.3 Å². The van der Waals surface area contributed by atoms with Crippen LogP contribution >= 0.6 is 0 Å². The Morgan fingerprint density at radius 2 is 1.88 bits per heavy atom. The van der Waals surface area contributed by atoms with Crippen LogP contribution in [0.1, 0.15) is 13.3 Å². The van der Waals surface area contributed by atoms with E-state index in [9.17, 15) is 18.0 Å². The highest BCUT2D eigenvalue weighted by molar-refractivity contribution is 7.91. The van der Waals surface area contributed by atoms with Gasteiger partial charge in [0.05, 0.1) is 17.4 Å². The van der Waals surface area contributed by atoms with Gasteiger partial charge in [-0.05, 0) is 37.6 Å². The third-order valence-electron chi connectivity index (χ3n) is 3.88. The molecule has 1 aromatic rings. The summed E-state index contributed by atoms with van der Waals surface area (Å²) in [5.41, 5.74) is 1.59. The molecule has 1 aliphatic rings. The molecule has 1 N–H and O–H groups in total. The summed E-state index contributed by atoms with van der Waals surface area (Å²) in [6.07, 6.45) is -0.740. The van der Waals surface area contributed by atoms with Crippen molar-refractivity contribution in [1.29, 1.82) is 0 Å². The molecule has 0 radical (unpaired) electrons. The molecular formula is C16H22N2O5S. The maximum atomic E-state index is 12.1. The van der Waals surface area contributed by atoms with E-state index in [0.29, 0.717) is 5.69 Å². The molecular weight excluding hydrogens is 332 g/mol. The van der Waals surface area contributed by atoms with E-state index in [1.165, 1.54) is 6.92 Å². The zero-order valence-corrected chi connectivity index (χ0v) is 14.8. The fraction of sp³-hybridized carbons (Fsp3) is 0.500. The van der Waals surface area contributed by atoms with E-state index >= 15 is 0 Å². The molecule has 0 spiro atoms. The first-order valence-electron chi connectivity index (χ1n) is 7.67. The molecule has 0 saturated carbocycles. The van der Waals surface area contributed by atoms with Crippen LogP contribution in [0.2, 0.25) is 0 Å². The van der Waals surface area contributed by atoms with Crippen LogP contribution in [0.3, 0.4) is 0 Å². The highest BCUT2D eigenvalue weighted by Crippen LogP contribution is 2.21. The first kappa shape index (κ1) is 18.3. The quantitative estimate of drug-likeness (QED) is 0.795. The molecule has 24 heavy (non-hydrogen) atoms. The lowest BCUT2D eigenvalue weighted by Gasteiger charge is -2.16. The highest BCUT2D eigenvalue weighted by atomic mass is 32.2. The van der Waals surface area contributed by atoms with Crippen LogP contribution in [0.5, 0.6) is 0 Å². The van der Waals surface area contributed by atoms with E-state index in [0.717, 1.165) is 5.69 Å². The Hall–Kier alpha value is -2.09. The Morgan fingerprint density at radius 1 is 1.25 bits per heavy atom. The number of rotatable bonds is 5. The van der Waals surface area contributed by atoms with Crippen molar-refractivity contribution in [2.45, 2.75) is 19.4 Å². The smallest absolute Gasteiger partial charge is 0.310 e. The predicted octanol–water partition coefficient (Wildman–Crippen LogP) is 1.06. The number of carbonyl (C=O) groups is 2. The first-order chi connectivity index (χ1) is 11.2. The number of ether oxygens (including phenoxy) is 1. The van der Waals surface area contributed by atoms with Gasteiger partial charge < -0.3 is 15.0 Å². The number of esters is 1. The fourth-order valence-corrected chi connectivity index (χ4v) is 4.12. The lowest BCUT2D eigenvalue weighted by molar-refractivity contribution is -0.156. The Labute approximate surface area is 141 Å². The minimum absolute atomic E-state index is 0.00837. The number of carbonyl (C=O) groups excluding carboxylic acids is 2. The van der Waals surface area contributed by atoms with Gasteiger partial charge in [0, 0.05) is 25.5 Å². The molecule has 1 amide bonds. The van der Waals surface area contributed by atoms with Crippen molar-refractivity contribution in [3.8, 4) is 0 Å². The number of nitrogens with zero attached hydrogens (tertiary/aromatic N) is 1. The summed E-state index contributed by atoms with van der Waals surface area (Å²) >= 11 is 0. The van der Waals surface area contributed by atoms with Gasteiger partial charge in [-0.15, -0.1) is 0 Å². The van der Waals surface area contributed by atoms with E-state index in [1.54, 1.807) is 12.1 Å². The molecule has 132 valence electrons. The largest absolute Gasteiger partial charge is 0.452 e. The Kier molecular flexibility index (Phi) is 5.48.